The zero-order chi connectivity index (χ0) is 12.5. The summed E-state index contributed by atoms with van der Waals surface area (Å²) in [5, 5.41) is 0. The third-order valence-corrected chi connectivity index (χ3v) is 4.58. The molecule has 0 radical (unpaired) electrons. The van der Waals surface area contributed by atoms with E-state index in [2.05, 4.69) is 0 Å². The van der Waals surface area contributed by atoms with Crippen molar-refractivity contribution in [2.45, 2.75) is 11.3 Å². The van der Waals surface area contributed by atoms with Gasteiger partial charge < -0.3 is 10.6 Å². The molecule has 1 aliphatic heterocycles. The predicted octanol–water partition coefficient (Wildman–Crippen LogP) is 0.768. The van der Waals surface area contributed by atoms with Crippen LogP contribution in [0, 0.1) is 5.82 Å². The second-order valence-corrected chi connectivity index (χ2v) is 6.11. The average molecular weight is 258 g/mol. The molecule has 0 fully saturated rings. The lowest BCUT2D eigenvalue weighted by atomic mass is 10.2. The molecule has 0 aliphatic carbocycles. The largest absolute Gasteiger partial charge is 0.367 e. The molecular formula is C11H15FN2O2S. The van der Waals surface area contributed by atoms with Gasteiger partial charge in [0.2, 0.25) is 0 Å². The molecular weight excluding hydrogens is 243 g/mol. The van der Waals surface area contributed by atoms with Gasteiger partial charge >= 0.3 is 0 Å². The number of hydrogen-bond donors (Lipinski definition) is 1. The maximum Gasteiger partial charge on any atom is 0.182 e. The summed E-state index contributed by atoms with van der Waals surface area (Å²) >= 11 is 0. The molecule has 0 unspecified atom stereocenters. The van der Waals surface area contributed by atoms with Gasteiger partial charge in [0.05, 0.1) is 16.3 Å². The van der Waals surface area contributed by atoms with E-state index in [9.17, 15) is 12.8 Å². The molecule has 1 aromatic rings. The fraction of sp³-hybridized carbons (Fsp3) is 0.455. The normalized spacial score (nSPS) is 17.9. The Morgan fingerprint density at radius 1 is 1.41 bits per heavy atom. The maximum atomic E-state index is 13.8. The van der Waals surface area contributed by atoms with Gasteiger partial charge in [-0.05, 0) is 25.1 Å². The van der Waals surface area contributed by atoms with E-state index in [1.165, 1.54) is 18.2 Å². The van der Waals surface area contributed by atoms with Gasteiger partial charge in [-0.3, -0.25) is 0 Å². The van der Waals surface area contributed by atoms with Crippen molar-refractivity contribution < 1.29 is 12.8 Å². The molecule has 0 saturated heterocycles. The van der Waals surface area contributed by atoms with Crippen LogP contribution >= 0.6 is 0 Å². The fourth-order valence-corrected chi connectivity index (χ4v) is 3.50. The van der Waals surface area contributed by atoms with Gasteiger partial charge in [0.25, 0.3) is 0 Å². The van der Waals surface area contributed by atoms with E-state index in [0.29, 0.717) is 26.1 Å². The van der Waals surface area contributed by atoms with Gasteiger partial charge in [-0.15, -0.1) is 0 Å². The fourth-order valence-electron chi connectivity index (χ4n) is 2.01. The lowest BCUT2D eigenvalue weighted by molar-refractivity contribution is 0.575. The lowest BCUT2D eigenvalue weighted by Gasteiger charge is -2.31. The Bertz CT molecular complexity index is 516. The summed E-state index contributed by atoms with van der Waals surface area (Å²) in [6.07, 6.45) is 0.716. The van der Waals surface area contributed by atoms with Gasteiger partial charge in [-0.1, -0.05) is 6.07 Å². The van der Waals surface area contributed by atoms with Crippen LogP contribution in [0.5, 0.6) is 0 Å². The highest BCUT2D eigenvalue weighted by atomic mass is 32.2. The van der Waals surface area contributed by atoms with Gasteiger partial charge in [0, 0.05) is 13.1 Å². The number of fused-ring (bicyclic) bond motifs is 1. The van der Waals surface area contributed by atoms with Gasteiger partial charge in [0.1, 0.15) is 5.82 Å². The van der Waals surface area contributed by atoms with Gasteiger partial charge in [-0.25, -0.2) is 12.8 Å². The predicted molar refractivity (Wildman–Crippen MR) is 64.3 cm³/mol. The van der Waals surface area contributed by atoms with E-state index in [-0.39, 0.29) is 16.3 Å². The molecule has 2 N–H and O–H groups in total. The molecule has 6 heteroatoms. The van der Waals surface area contributed by atoms with Crippen molar-refractivity contribution >= 4 is 15.5 Å². The number of halogens is 1. The minimum absolute atomic E-state index is 0.0357. The molecule has 0 amide bonds. The highest BCUT2D eigenvalue weighted by Gasteiger charge is 2.30. The first-order valence-corrected chi connectivity index (χ1v) is 7.18. The molecule has 1 aliphatic rings. The number of para-hydroxylation sites is 1. The van der Waals surface area contributed by atoms with Crippen LogP contribution in [0.1, 0.15) is 6.42 Å². The maximum absolute atomic E-state index is 13.8. The Hall–Kier alpha value is -1.14. The average Bonchev–Trinajstić information content (AvgIpc) is 2.29. The second kappa shape index (κ2) is 4.62. The molecule has 17 heavy (non-hydrogen) atoms. The number of sulfone groups is 1. The number of nitrogens with two attached hydrogens (primary N) is 1. The van der Waals surface area contributed by atoms with Crippen molar-refractivity contribution in [1.29, 1.82) is 0 Å². The van der Waals surface area contributed by atoms with Crippen LogP contribution in [0.15, 0.2) is 23.1 Å². The highest BCUT2D eigenvalue weighted by molar-refractivity contribution is 7.91. The zero-order valence-corrected chi connectivity index (χ0v) is 10.2. The summed E-state index contributed by atoms with van der Waals surface area (Å²) in [7, 11) is -3.34. The number of rotatable bonds is 3. The molecule has 1 aromatic carbocycles. The van der Waals surface area contributed by atoms with Crippen molar-refractivity contribution in [3.05, 3.63) is 24.0 Å². The Morgan fingerprint density at radius 3 is 2.88 bits per heavy atom. The molecule has 0 aromatic heterocycles. The number of anilines is 1. The summed E-state index contributed by atoms with van der Waals surface area (Å²) < 4.78 is 37.4. The minimum Gasteiger partial charge on any atom is -0.367 e. The van der Waals surface area contributed by atoms with Crippen LogP contribution in [0.3, 0.4) is 0 Å². The second-order valence-electron chi connectivity index (χ2n) is 4.03. The molecule has 0 atom stereocenters. The SMILES string of the molecule is NCCCN1CCS(=O)(=O)c2cccc(F)c21. The summed E-state index contributed by atoms with van der Waals surface area (Å²) in [6.45, 7) is 1.42. The topological polar surface area (TPSA) is 63.4 Å². The first-order chi connectivity index (χ1) is 8.06. The van der Waals surface area contributed by atoms with Crippen molar-refractivity contribution in [2.24, 2.45) is 5.73 Å². The number of benzene rings is 1. The van der Waals surface area contributed by atoms with E-state index in [1.54, 1.807) is 4.90 Å². The highest BCUT2D eigenvalue weighted by Crippen LogP contribution is 2.32. The number of hydrogen-bond acceptors (Lipinski definition) is 4. The van der Waals surface area contributed by atoms with Crippen molar-refractivity contribution in [3.63, 3.8) is 0 Å². The van der Waals surface area contributed by atoms with E-state index in [1.807, 2.05) is 0 Å². The van der Waals surface area contributed by atoms with E-state index >= 15 is 0 Å². The quantitative estimate of drug-likeness (QED) is 0.869. The van der Waals surface area contributed by atoms with Crippen LogP contribution in [-0.4, -0.2) is 33.8 Å². The third kappa shape index (κ3) is 2.28. The van der Waals surface area contributed by atoms with E-state index in [4.69, 9.17) is 5.73 Å². The van der Waals surface area contributed by atoms with E-state index < -0.39 is 15.7 Å². The number of nitrogens with zero attached hydrogens (tertiary/aromatic N) is 1. The Kier molecular flexibility index (Phi) is 3.35. The standard InChI is InChI=1S/C11H15FN2O2S/c12-9-3-1-4-10-11(9)14(6-2-5-13)7-8-17(10,15)16/h1,3-4H,2,5-8,13H2. The molecule has 4 nitrogen and oxygen atoms in total. The van der Waals surface area contributed by atoms with Crippen molar-refractivity contribution in [1.82, 2.24) is 0 Å². The van der Waals surface area contributed by atoms with Crippen molar-refractivity contribution in [2.75, 3.05) is 30.3 Å². The smallest absolute Gasteiger partial charge is 0.182 e. The summed E-state index contributed by atoms with van der Waals surface area (Å²) in [5.41, 5.74) is 5.62. The van der Waals surface area contributed by atoms with Crippen LogP contribution < -0.4 is 10.6 Å². The third-order valence-electron chi connectivity index (χ3n) is 2.86. The Morgan fingerprint density at radius 2 is 2.18 bits per heavy atom. The zero-order valence-electron chi connectivity index (χ0n) is 9.39. The van der Waals surface area contributed by atoms with Crippen LogP contribution in [0.2, 0.25) is 0 Å². The van der Waals surface area contributed by atoms with Gasteiger partial charge in [0.15, 0.2) is 9.84 Å². The molecule has 0 saturated carbocycles. The van der Waals surface area contributed by atoms with Crippen LogP contribution in [-0.2, 0) is 9.84 Å². The first-order valence-electron chi connectivity index (χ1n) is 5.52. The van der Waals surface area contributed by atoms with Crippen molar-refractivity contribution in [3.8, 4) is 0 Å². The molecule has 94 valence electrons. The molecule has 0 spiro atoms. The molecule has 2 rings (SSSR count). The van der Waals surface area contributed by atoms with Crippen LogP contribution in [0.25, 0.3) is 0 Å². The Labute approximate surface area is 100 Å². The monoisotopic (exact) mass is 258 g/mol. The summed E-state index contributed by atoms with van der Waals surface area (Å²) in [4.78, 5) is 1.86. The summed E-state index contributed by atoms with van der Waals surface area (Å²) in [5.74, 6) is -0.448. The molecule has 0 bridgehead atoms. The molecule has 1 heterocycles. The van der Waals surface area contributed by atoms with E-state index in [0.717, 1.165) is 0 Å². The lowest BCUT2D eigenvalue weighted by Crippen LogP contribution is -2.37. The van der Waals surface area contributed by atoms with Crippen LogP contribution in [0.4, 0.5) is 10.1 Å². The first kappa shape index (κ1) is 12.3. The van der Waals surface area contributed by atoms with Gasteiger partial charge in [-0.2, -0.15) is 0 Å². The minimum atomic E-state index is -3.34. The summed E-state index contributed by atoms with van der Waals surface area (Å²) in [6, 6.07) is 4.18. The Balaban J connectivity index is 2.46.